The van der Waals surface area contributed by atoms with Crippen LogP contribution in [-0.2, 0) is 11.3 Å². The van der Waals surface area contributed by atoms with Crippen molar-refractivity contribution in [1.29, 1.82) is 0 Å². The Morgan fingerprint density at radius 1 is 1.12 bits per heavy atom. The van der Waals surface area contributed by atoms with Gasteiger partial charge in [-0.2, -0.15) is 0 Å². The third-order valence-electron chi connectivity index (χ3n) is 7.01. The highest BCUT2D eigenvalue weighted by Gasteiger charge is 2.40. The number of guanidine groups is 1. The lowest BCUT2D eigenvalue weighted by Crippen LogP contribution is -2.52. The number of nitrogens with zero attached hydrogens (tertiary/aromatic N) is 3. The quantitative estimate of drug-likeness (QED) is 0.293. The lowest BCUT2D eigenvalue weighted by molar-refractivity contribution is 0.0323. The molecule has 3 atom stereocenters. The van der Waals surface area contributed by atoms with Crippen LogP contribution in [0.3, 0.4) is 0 Å². The SMILES string of the molecule is CCNC(=NCC(C)CN1CCOCC1)NC1CC2CCC(C1)N2Cc1ccccc1.I. The first-order valence-corrected chi connectivity index (χ1v) is 12.4. The Bertz CT molecular complexity index is 683. The molecule has 3 fully saturated rings. The molecule has 0 aliphatic carbocycles. The van der Waals surface area contributed by atoms with Crippen LogP contribution in [0, 0.1) is 5.92 Å². The molecule has 6 nitrogen and oxygen atoms in total. The molecule has 3 heterocycles. The summed E-state index contributed by atoms with van der Waals surface area (Å²) in [7, 11) is 0. The van der Waals surface area contributed by atoms with Gasteiger partial charge in [0.25, 0.3) is 0 Å². The van der Waals surface area contributed by atoms with Crippen LogP contribution in [-0.4, -0.2) is 79.8 Å². The minimum absolute atomic E-state index is 0. The zero-order chi connectivity index (χ0) is 21.5. The molecule has 7 heteroatoms. The maximum Gasteiger partial charge on any atom is 0.191 e. The van der Waals surface area contributed by atoms with Crippen molar-refractivity contribution in [2.75, 3.05) is 45.9 Å². The fraction of sp³-hybridized carbons (Fsp3) is 0.720. The van der Waals surface area contributed by atoms with Crippen molar-refractivity contribution >= 4 is 29.9 Å². The maximum atomic E-state index is 5.47. The van der Waals surface area contributed by atoms with E-state index in [1.165, 1.54) is 31.2 Å². The summed E-state index contributed by atoms with van der Waals surface area (Å²) in [6.45, 7) is 12.3. The van der Waals surface area contributed by atoms with E-state index in [2.05, 4.69) is 64.6 Å². The Labute approximate surface area is 211 Å². The highest BCUT2D eigenvalue weighted by atomic mass is 127. The van der Waals surface area contributed by atoms with Crippen molar-refractivity contribution < 1.29 is 4.74 Å². The molecule has 180 valence electrons. The third-order valence-corrected chi connectivity index (χ3v) is 7.01. The first-order valence-electron chi connectivity index (χ1n) is 12.4. The highest BCUT2D eigenvalue weighted by Crippen LogP contribution is 2.36. The van der Waals surface area contributed by atoms with Crippen LogP contribution in [0.2, 0.25) is 0 Å². The summed E-state index contributed by atoms with van der Waals surface area (Å²) < 4.78 is 5.47. The average Bonchev–Trinajstić information content (AvgIpc) is 3.01. The molecule has 0 aromatic heterocycles. The van der Waals surface area contributed by atoms with Gasteiger partial charge in [0, 0.05) is 57.4 Å². The number of rotatable bonds is 8. The van der Waals surface area contributed by atoms with Crippen LogP contribution >= 0.6 is 24.0 Å². The molecule has 4 rings (SSSR count). The van der Waals surface area contributed by atoms with Crippen LogP contribution in [0.4, 0.5) is 0 Å². The van der Waals surface area contributed by atoms with Gasteiger partial charge in [-0.05, 0) is 44.1 Å². The summed E-state index contributed by atoms with van der Waals surface area (Å²) in [5.41, 5.74) is 1.44. The fourth-order valence-electron chi connectivity index (χ4n) is 5.49. The number of benzene rings is 1. The van der Waals surface area contributed by atoms with E-state index in [1.54, 1.807) is 0 Å². The van der Waals surface area contributed by atoms with Gasteiger partial charge in [-0.1, -0.05) is 37.3 Å². The van der Waals surface area contributed by atoms with E-state index in [1.807, 2.05) is 0 Å². The van der Waals surface area contributed by atoms with E-state index in [0.29, 0.717) is 24.0 Å². The number of nitrogens with one attached hydrogen (secondary N) is 2. The zero-order valence-corrected chi connectivity index (χ0v) is 22.2. The molecule has 0 saturated carbocycles. The molecule has 3 aliphatic rings. The Hall–Kier alpha value is -0.900. The molecular weight excluding hydrogens is 513 g/mol. The van der Waals surface area contributed by atoms with Gasteiger partial charge in [-0.3, -0.25) is 14.8 Å². The minimum atomic E-state index is 0. The molecule has 0 amide bonds. The van der Waals surface area contributed by atoms with Crippen LogP contribution < -0.4 is 10.6 Å². The smallest absolute Gasteiger partial charge is 0.191 e. The number of hydrogen-bond acceptors (Lipinski definition) is 4. The Morgan fingerprint density at radius 2 is 1.81 bits per heavy atom. The first-order chi connectivity index (χ1) is 15.2. The summed E-state index contributed by atoms with van der Waals surface area (Å²) in [6, 6.07) is 12.9. The van der Waals surface area contributed by atoms with Crippen molar-refractivity contribution in [3.8, 4) is 0 Å². The topological polar surface area (TPSA) is 52.1 Å². The zero-order valence-electron chi connectivity index (χ0n) is 19.8. The minimum Gasteiger partial charge on any atom is -0.379 e. The van der Waals surface area contributed by atoms with Crippen LogP contribution in [0.25, 0.3) is 0 Å². The van der Waals surface area contributed by atoms with Crippen LogP contribution in [0.1, 0.15) is 45.1 Å². The number of halogens is 1. The number of fused-ring (bicyclic) bond motifs is 2. The van der Waals surface area contributed by atoms with Crippen LogP contribution in [0.15, 0.2) is 35.3 Å². The molecule has 3 saturated heterocycles. The van der Waals surface area contributed by atoms with Gasteiger partial charge in [0.15, 0.2) is 5.96 Å². The lowest BCUT2D eigenvalue weighted by atomic mass is 9.96. The molecule has 2 bridgehead atoms. The molecule has 0 radical (unpaired) electrons. The van der Waals surface area contributed by atoms with Gasteiger partial charge in [0.05, 0.1) is 13.2 Å². The average molecular weight is 556 g/mol. The number of piperidine rings is 1. The van der Waals surface area contributed by atoms with Gasteiger partial charge < -0.3 is 15.4 Å². The Morgan fingerprint density at radius 3 is 2.47 bits per heavy atom. The summed E-state index contributed by atoms with van der Waals surface area (Å²) in [6.07, 6.45) is 5.11. The number of hydrogen-bond donors (Lipinski definition) is 2. The molecule has 3 unspecified atom stereocenters. The van der Waals surface area contributed by atoms with E-state index < -0.39 is 0 Å². The molecule has 2 N–H and O–H groups in total. The van der Waals surface area contributed by atoms with Gasteiger partial charge in [0.1, 0.15) is 0 Å². The van der Waals surface area contributed by atoms with Gasteiger partial charge in [-0.15, -0.1) is 24.0 Å². The van der Waals surface area contributed by atoms with Crippen molar-refractivity contribution in [2.45, 2.75) is 64.2 Å². The summed E-state index contributed by atoms with van der Waals surface area (Å²) in [5.74, 6) is 1.55. The van der Waals surface area contributed by atoms with E-state index in [0.717, 1.165) is 58.4 Å². The lowest BCUT2D eigenvalue weighted by Gasteiger charge is -2.39. The molecule has 0 spiro atoms. The second kappa shape index (κ2) is 13.1. The Balaban J connectivity index is 0.00000289. The van der Waals surface area contributed by atoms with E-state index in [-0.39, 0.29) is 24.0 Å². The van der Waals surface area contributed by atoms with Crippen molar-refractivity contribution in [3.05, 3.63) is 35.9 Å². The first kappa shape index (κ1) is 25.7. The normalized spacial score (nSPS) is 27.6. The molecule has 1 aromatic carbocycles. The molecule has 3 aliphatic heterocycles. The monoisotopic (exact) mass is 555 g/mol. The second-order valence-electron chi connectivity index (χ2n) is 9.59. The highest BCUT2D eigenvalue weighted by molar-refractivity contribution is 14.0. The number of ether oxygens (including phenoxy) is 1. The summed E-state index contributed by atoms with van der Waals surface area (Å²) >= 11 is 0. The standard InChI is InChI=1S/C25H41N5O.HI/c1-3-26-25(27-17-20(2)18-29-11-13-31-14-12-29)28-22-15-23-9-10-24(16-22)30(23)19-21-7-5-4-6-8-21;/h4-8,20,22-24H,3,9-19H2,1-2H3,(H2,26,27,28);1H. The van der Waals surface area contributed by atoms with Gasteiger partial charge in [-0.25, -0.2) is 0 Å². The van der Waals surface area contributed by atoms with Gasteiger partial charge >= 0.3 is 0 Å². The summed E-state index contributed by atoms with van der Waals surface area (Å²) in [5, 5.41) is 7.26. The second-order valence-corrected chi connectivity index (χ2v) is 9.59. The molecule has 1 aromatic rings. The third kappa shape index (κ3) is 7.30. The fourth-order valence-corrected chi connectivity index (χ4v) is 5.49. The van der Waals surface area contributed by atoms with E-state index in [9.17, 15) is 0 Å². The van der Waals surface area contributed by atoms with Crippen molar-refractivity contribution in [2.24, 2.45) is 10.9 Å². The van der Waals surface area contributed by atoms with E-state index >= 15 is 0 Å². The van der Waals surface area contributed by atoms with Crippen molar-refractivity contribution in [1.82, 2.24) is 20.4 Å². The predicted molar refractivity (Wildman–Crippen MR) is 143 cm³/mol. The van der Waals surface area contributed by atoms with Crippen LogP contribution in [0.5, 0.6) is 0 Å². The predicted octanol–water partition coefficient (Wildman–Crippen LogP) is 3.32. The number of aliphatic imine (C=N–C) groups is 1. The van der Waals surface area contributed by atoms with Gasteiger partial charge in [0.2, 0.25) is 0 Å². The maximum absolute atomic E-state index is 5.47. The largest absolute Gasteiger partial charge is 0.379 e. The molecular formula is C25H42IN5O. The Kier molecular flexibility index (Phi) is 10.5. The molecule has 32 heavy (non-hydrogen) atoms. The van der Waals surface area contributed by atoms with E-state index in [4.69, 9.17) is 9.73 Å². The summed E-state index contributed by atoms with van der Waals surface area (Å²) in [4.78, 5) is 10.2. The number of morpholine rings is 1. The van der Waals surface area contributed by atoms with Crippen molar-refractivity contribution in [3.63, 3.8) is 0 Å².